The van der Waals surface area contributed by atoms with Gasteiger partial charge < -0.3 is 10.4 Å². The number of amides is 2. The second kappa shape index (κ2) is 6.22. The minimum Gasteiger partial charge on any atom is -0.480 e. The fraction of sp³-hybridized carbons (Fsp3) is 0.429. The zero-order chi connectivity index (χ0) is 14.6. The van der Waals surface area contributed by atoms with Crippen molar-refractivity contribution in [3.05, 3.63) is 29.8 Å². The molecule has 0 unspecified atom stereocenters. The highest BCUT2D eigenvalue weighted by atomic mass is 16.4. The number of hydrogen-bond acceptors (Lipinski definition) is 2. The van der Waals surface area contributed by atoms with Gasteiger partial charge in [-0.1, -0.05) is 26.0 Å². The molecule has 2 N–H and O–H groups in total. The van der Waals surface area contributed by atoms with Gasteiger partial charge in [0.1, 0.15) is 6.04 Å². The largest absolute Gasteiger partial charge is 0.480 e. The van der Waals surface area contributed by atoms with Gasteiger partial charge in [-0.3, -0.25) is 4.90 Å². The molecule has 1 aromatic carbocycles. The van der Waals surface area contributed by atoms with E-state index in [2.05, 4.69) is 5.32 Å². The Morgan fingerprint density at radius 1 is 1.32 bits per heavy atom. The van der Waals surface area contributed by atoms with E-state index in [-0.39, 0.29) is 5.92 Å². The lowest BCUT2D eigenvalue weighted by Gasteiger charge is -2.23. The predicted molar refractivity (Wildman–Crippen MR) is 74.4 cm³/mol. The molecule has 0 saturated carbocycles. The molecule has 1 rings (SSSR count). The summed E-state index contributed by atoms with van der Waals surface area (Å²) in [5.74, 6) is -1.20. The quantitative estimate of drug-likeness (QED) is 0.876. The Hall–Kier alpha value is -2.04. The maximum absolute atomic E-state index is 12.0. The molecule has 0 radical (unpaired) electrons. The van der Waals surface area contributed by atoms with E-state index in [4.69, 9.17) is 5.11 Å². The van der Waals surface area contributed by atoms with Gasteiger partial charge in [0.2, 0.25) is 0 Å². The molecule has 5 nitrogen and oxygen atoms in total. The molecule has 1 aromatic rings. The van der Waals surface area contributed by atoms with Crippen LogP contribution in [0.2, 0.25) is 0 Å². The van der Waals surface area contributed by atoms with Crippen molar-refractivity contribution in [2.45, 2.75) is 26.8 Å². The van der Waals surface area contributed by atoms with Crippen molar-refractivity contribution in [3.63, 3.8) is 0 Å². The lowest BCUT2D eigenvalue weighted by atomic mass is 10.1. The number of nitrogens with one attached hydrogen (secondary N) is 1. The molecule has 0 fully saturated rings. The van der Waals surface area contributed by atoms with Crippen LogP contribution < -0.4 is 10.2 Å². The second-order valence-electron chi connectivity index (χ2n) is 4.91. The molecule has 5 heteroatoms. The Labute approximate surface area is 113 Å². The van der Waals surface area contributed by atoms with Crippen LogP contribution >= 0.6 is 0 Å². The van der Waals surface area contributed by atoms with Crippen LogP contribution in [0.3, 0.4) is 0 Å². The number of benzene rings is 1. The number of carboxylic acids is 1. The van der Waals surface area contributed by atoms with Gasteiger partial charge in [-0.2, -0.15) is 0 Å². The van der Waals surface area contributed by atoms with Crippen molar-refractivity contribution in [2.24, 2.45) is 5.92 Å². The molecule has 0 spiro atoms. The Morgan fingerprint density at radius 2 is 1.95 bits per heavy atom. The van der Waals surface area contributed by atoms with Crippen LogP contribution in [0.25, 0.3) is 0 Å². The summed E-state index contributed by atoms with van der Waals surface area (Å²) in [6.07, 6.45) is 0. The number of carbonyl (C=O) groups excluding carboxylic acids is 1. The van der Waals surface area contributed by atoms with Crippen molar-refractivity contribution in [1.29, 1.82) is 0 Å². The summed E-state index contributed by atoms with van der Waals surface area (Å²) < 4.78 is 0. The number of carbonyl (C=O) groups is 2. The molecule has 0 bridgehead atoms. The average molecular weight is 264 g/mol. The highest BCUT2D eigenvalue weighted by molar-refractivity contribution is 5.94. The van der Waals surface area contributed by atoms with E-state index in [1.165, 1.54) is 4.90 Å². The first-order valence-corrected chi connectivity index (χ1v) is 6.16. The molecule has 0 heterocycles. The summed E-state index contributed by atoms with van der Waals surface area (Å²) >= 11 is 0. The molecular weight excluding hydrogens is 244 g/mol. The first-order chi connectivity index (χ1) is 8.82. The molecule has 0 saturated heterocycles. The van der Waals surface area contributed by atoms with Gasteiger partial charge in [0.05, 0.1) is 0 Å². The molecule has 0 aliphatic rings. The third kappa shape index (κ3) is 3.98. The minimum absolute atomic E-state index is 0.174. The molecule has 2 amide bonds. The Balaban J connectivity index is 2.80. The highest BCUT2D eigenvalue weighted by Crippen LogP contribution is 2.14. The molecular formula is C14H20N2O3. The SMILES string of the molecule is Cc1cccc(N(C)C(=O)N[C@H](C(=O)O)C(C)C)c1. The number of carboxylic acid groups (broad SMARTS) is 1. The van der Waals surface area contributed by atoms with Crippen LogP contribution in [0.15, 0.2) is 24.3 Å². The van der Waals surface area contributed by atoms with E-state index < -0.39 is 18.0 Å². The minimum atomic E-state index is -1.03. The molecule has 1 atom stereocenters. The number of urea groups is 1. The van der Waals surface area contributed by atoms with Gasteiger partial charge in [-0.15, -0.1) is 0 Å². The van der Waals surface area contributed by atoms with E-state index in [9.17, 15) is 9.59 Å². The monoisotopic (exact) mass is 264 g/mol. The predicted octanol–water partition coefficient (Wildman–Crippen LogP) is 2.25. The van der Waals surface area contributed by atoms with Crippen molar-refractivity contribution in [2.75, 3.05) is 11.9 Å². The zero-order valence-electron chi connectivity index (χ0n) is 11.7. The summed E-state index contributed by atoms with van der Waals surface area (Å²) in [6.45, 7) is 5.45. The van der Waals surface area contributed by atoms with Gasteiger partial charge in [0.25, 0.3) is 0 Å². The Bertz CT molecular complexity index is 472. The summed E-state index contributed by atoms with van der Waals surface area (Å²) in [6, 6.07) is 6.14. The number of rotatable bonds is 4. The zero-order valence-corrected chi connectivity index (χ0v) is 11.7. The lowest BCUT2D eigenvalue weighted by molar-refractivity contribution is -0.140. The maximum Gasteiger partial charge on any atom is 0.326 e. The van der Waals surface area contributed by atoms with E-state index in [1.807, 2.05) is 25.1 Å². The lowest BCUT2D eigenvalue weighted by Crippen LogP contribution is -2.49. The van der Waals surface area contributed by atoms with Crippen LogP contribution in [0, 0.1) is 12.8 Å². The fourth-order valence-corrected chi connectivity index (χ4v) is 1.70. The standard InChI is InChI=1S/C14H20N2O3/c1-9(2)12(13(17)18)15-14(19)16(4)11-7-5-6-10(3)8-11/h5-9,12H,1-4H3,(H,15,19)(H,17,18)/t12-/m0/s1. The molecule has 0 aromatic heterocycles. The maximum atomic E-state index is 12.0. The van der Waals surface area contributed by atoms with Crippen LogP contribution in [0.1, 0.15) is 19.4 Å². The summed E-state index contributed by atoms with van der Waals surface area (Å²) in [5, 5.41) is 11.6. The molecule has 104 valence electrons. The van der Waals surface area contributed by atoms with Crippen molar-refractivity contribution in [3.8, 4) is 0 Å². The fourth-order valence-electron chi connectivity index (χ4n) is 1.70. The van der Waals surface area contributed by atoms with E-state index >= 15 is 0 Å². The number of nitrogens with zero attached hydrogens (tertiary/aromatic N) is 1. The van der Waals surface area contributed by atoms with Crippen molar-refractivity contribution >= 4 is 17.7 Å². The van der Waals surface area contributed by atoms with E-state index in [0.29, 0.717) is 0 Å². The van der Waals surface area contributed by atoms with Gasteiger partial charge >= 0.3 is 12.0 Å². The summed E-state index contributed by atoms with van der Waals surface area (Å²) in [7, 11) is 1.61. The number of anilines is 1. The van der Waals surface area contributed by atoms with Gasteiger partial charge in [0.15, 0.2) is 0 Å². The van der Waals surface area contributed by atoms with Gasteiger partial charge in [-0.25, -0.2) is 9.59 Å². The molecule has 0 aliphatic carbocycles. The van der Waals surface area contributed by atoms with Crippen LogP contribution in [-0.4, -0.2) is 30.2 Å². The van der Waals surface area contributed by atoms with Crippen molar-refractivity contribution in [1.82, 2.24) is 5.32 Å². The third-order valence-electron chi connectivity index (χ3n) is 2.91. The van der Waals surface area contributed by atoms with Crippen molar-refractivity contribution < 1.29 is 14.7 Å². The van der Waals surface area contributed by atoms with Crippen LogP contribution in [-0.2, 0) is 4.79 Å². The number of aliphatic carboxylic acids is 1. The van der Waals surface area contributed by atoms with E-state index in [1.54, 1.807) is 27.0 Å². The number of hydrogen-bond donors (Lipinski definition) is 2. The second-order valence-corrected chi connectivity index (χ2v) is 4.91. The average Bonchev–Trinajstić information content (AvgIpc) is 2.33. The Morgan fingerprint density at radius 3 is 2.42 bits per heavy atom. The number of aryl methyl sites for hydroxylation is 1. The summed E-state index contributed by atoms with van der Waals surface area (Å²) in [5.41, 5.74) is 1.76. The molecule has 19 heavy (non-hydrogen) atoms. The highest BCUT2D eigenvalue weighted by Gasteiger charge is 2.25. The Kier molecular flexibility index (Phi) is 4.92. The van der Waals surface area contributed by atoms with E-state index in [0.717, 1.165) is 11.3 Å². The normalized spacial score (nSPS) is 12.1. The first kappa shape index (κ1) is 15.0. The van der Waals surface area contributed by atoms with Gasteiger partial charge in [-0.05, 0) is 30.5 Å². The van der Waals surface area contributed by atoms with Crippen LogP contribution in [0.4, 0.5) is 10.5 Å². The smallest absolute Gasteiger partial charge is 0.326 e. The molecule has 0 aliphatic heterocycles. The third-order valence-corrected chi connectivity index (χ3v) is 2.91. The van der Waals surface area contributed by atoms with Gasteiger partial charge in [0, 0.05) is 12.7 Å². The topological polar surface area (TPSA) is 69.6 Å². The summed E-state index contributed by atoms with van der Waals surface area (Å²) in [4.78, 5) is 24.5. The van der Waals surface area contributed by atoms with Crippen LogP contribution in [0.5, 0.6) is 0 Å². The first-order valence-electron chi connectivity index (χ1n) is 6.16.